The van der Waals surface area contributed by atoms with Crippen LogP contribution in [-0.2, 0) is 0 Å². The number of hydrogen-bond donors (Lipinski definition) is 0. The van der Waals surface area contributed by atoms with E-state index in [1.165, 1.54) is 27.6 Å². The fourth-order valence-corrected chi connectivity index (χ4v) is 8.70. The van der Waals surface area contributed by atoms with Crippen molar-refractivity contribution < 1.29 is 0 Å². The second kappa shape index (κ2) is 9.21. The summed E-state index contributed by atoms with van der Waals surface area (Å²) in [7, 11) is -1.73. The van der Waals surface area contributed by atoms with Crippen molar-refractivity contribution in [2.24, 2.45) is 0 Å². The maximum absolute atomic E-state index is 2.37. The van der Waals surface area contributed by atoms with Gasteiger partial charge in [-0.3, -0.25) is 0 Å². The molecule has 0 saturated heterocycles. The fraction of sp³-hybridized carbons (Fsp3) is 0.143. The van der Waals surface area contributed by atoms with E-state index in [0.717, 1.165) is 6.42 Å². The van der Waals surface area contributed by atoms with Crippen LogP contribution in [0.1, 0.15) is 24.8 Å². The van der Waals surface area contributed by atoms with Crippen molar-refractivity contribution >= 4 is 23.2 Å². The van der Waals surface area contributed by atoms with E-state index < -0.39 is 7.26 Å². The van der Waals surface area contributed by atoms with Gasteiger partial charge in [0.15, 0.2) is 0 Å². The summed E-state index contributed by atoms with van der Waals surface area (Å²) in [6, 6.07) is 44.5. The van der Waals surface area contributed by atoms with Crippen molar-refractivity contribution in [1.29, 1.82) is 0 Å². The Morgan fingerprint density at radius 1 is 0.517 bits per heavy atom. The zero-order valence-electron chi connectivity index (χ0n) is 17.0. The van der Waals surface area contributed by atoms with E-state index in [4.69, 9.17) is 0 Å². The molecule has 4 aromatic carbocycles. The van der Waals surface area contributed by atoms with Crippen LogP contribution in [0.2, 0.25) is 0 Å². The lowest BCUT2D eigenvalue weighted by Crippen LogP contribution is -2.33. The van der Waals surface area contributed by atoms with Gasteiger partial charge >= 0.3 is 0 Å². The summed E-state index contributed by atoms with van der Waals surface area (Å²) in [6.07, 6.45) is 2.33. The minimum Gasteiger partial charge on any atom is -0.0622 e. The summed E-state index contributed by atoms with van der Waals surface area (Å²) < 4.78 is 0. The lowest BCUT2D eigenvalue weighted by Gasteiger charge is -2.28. The van der Waals surface area contributed by atoms with Gasteiger partial charge in [0.25, 0.3) is 0 Å². The summed E-state index contributed by atoms with van der Waals surface area (Å²) in [5.74, 6) is 0.534. The molecule has 0 amide bonds. The predicted octanol–water partition coefficient (Wildman–Crippen LogP) is 6.17. The third-order valence-electron chi connectivity index (χ3n) is 5.86. The summed E-state index contributed by atoms with van der Waals surface area (Å²) in [6.45, 7) is 2.37. The van der Waals surface area contributed by atoms with E-state index in [0.29, 0.717) is 5.92 Å². The van der Waals surface area contributed by atoms with E-state index in [1.807, 2.05) is 0 Å². The van der Waals surface area contributed by atoms with E-state index in [2.05, 4.69) is 128 Å². The first kappa shape index (κ1) is 19.6. The fourth-order valence-electron chi connectivity index (χ4n) is 4.22. The summed E-state index contributed by atoms with van der Waals surface area (Å²) in [5, 5.41) is 4.41. The van der Waals surface area contributed by atoms with Gasteiger partial charge in [-0.2, -0.15) is 0 Å². The molecule has 0 aliphatic heterocycles. The molecule has 1 atom stereocenters. The topological polar surface area (TPSA) is 0 Å². The maximum Gasteiger partial charge on any atom is 0.112 e. The molecular formula is C28H28P+. The van der Waals surface area contributed by atoms with Gasteiger partial charge in [-0.1, -0.05) is 91.9 Å². The first-order valence-corrected chi connectivity index (χ1v) is 12.4. The number of benzene rings is 4. The van der Waals surface area contributed by atoms with Crippen LogP contribution < -0.4 is 15.9 Å². The van der Waals surface area contributed by atoms with Crippen LogP contribution in [-0.4, -0.2) is 6.16 Å². The molecule has 0 aliphatic rings. The average molecular weight is 396 g/mol. The maximum atomic E-state index is 2.37. The van der Waals surface area contributed by atoms with Gasteiger partial charge in [0.2, 0.25) is 0 Å². The van der Waals surface area contributed by atoms with Crippen molar-refractivity contribution in [2.75, 3.05) is 6.16 Å². The lowest BCUT2D eigenvalue weighted by molar-refractivity contribution is 0.738. The van der Waals surface area contributed by atoms with Gasteiger partial charge in [0.05, 0.1) is 6.16 Å². The molecule has 0 spiro atoms. The monoisotopic (exact) mass is 395 g/mol. The van der Waals surface area contributed by atoms with Crippen LogP contribution in [0.25, 0.3) is 0 Å². The minimum atomic E-state index is -1.73. The molecule has 0 N–H and O–H groups in total. The van der Waals surface area contributed by atoms with Gasteiger partial charge in [0, 0.05) is 0 Å². The highest BCUT2D eigenvalue weighted by Gasteiger charge is 2.44. The van der Waals surface area contributed by atoms with Crippen molar-refractivity contribution in [3.63, 3.8) is 0 Å². The molecule has 0 nitrogen and oxygen atoms in total. The Kier molecular flexibility index (Phi) is 6.23. The molecule has 29 heavy (non-hydrogen) atoms. The zero-order chi connectivity index (χ0) is 19.9. The Morgan fingerprint density at radius 3 is 1.24 bits per heavy atom. The summed E-state index contributed by atoms with van der Waals surface area (Å²) >= 11 is 0. The molecule has 0 heterocycles. The van der Waals surface area contributed by atoms with Crippen LogP contribution in [0.5, 0.6) is 0 Å². The molecular weight excluding hydrogens is 367 g/mol. The van der Waals surface area contributed by atoms with Crippen LogP contribution >= 0.6 is 7.26 Å². The van der Waals surface area contributed by atoms with Crippen LogP contribution in [0, 0.1) is 0 Å². The van der Waals surface area contributed by atoms with Gasteiger partial charge in [-0.25, -0.2) is 0 Å². The highest BCUT2D eigenvalue weighted by Crippen LogP contribution is 2.56. The number of rotatable bonds is 7. The van der Waals surface area contributed by atoms with E-state index in [1.54, 1.807) is 0 Å². The van der Waals surface area contributed by atoms with Gasteiger partial charge in [-0.15, -0.1) is 0 Å². The second-order valence-electron chi connectivity index (χ2n) is 7.64. The van der Waals surface area contributed by atoms with Crippen LogP contribution in [0.15, 0.2) is 121 Å². The van der Waals surface area contributed by atoms with Gasteiger partial charge in [0.1, 0.15) is 23.2 Å². The highest BCUT2D eigenvalue weighted by molar-refractivity contribution is 7.95. The average Bonchev–Trinajstić information content (AvgIpc) is 2.82. The molecule has 0 aromatic heterocycles. The minimum absolute atomic E-state index is 0.534. The lowest BCUT2D eigenvalue weighted by atomic mass is 9.99. The van der Waals surface area contributed by atoms with Gasteiger partial charge in [-0.05, 0) is 54.3 Å². The molecule has 1 unspecified atom stereocenters. The first-order chi connectivity index (χ1) is 14.3. The number of hydrogen-bond acceptors (Lipinski definition) is 0. The SMILES string of the molecule is CC(CC[P+](c1ccccc1)(c1ccccc1)c1ccccc1)c1ccccc1. The second-order valence-corrected chi connectivity index (χ2v) is 11.3. The Morgan fingerprint density at radius 2 is 0.862 bits per heavy atom. The van der Waals surface area contributed by atoms with Crippen molar-refractivity contribution in [2.45, 2.75) is 19.3 Å². The van der Waals surface area contributed by atoms with Crippen LogP contribution in [0.4, 0.5) is 0 Å². The molecule has 4 aromatic rings. The molecule has 0 aliphatic carbocycles. The van der Waals surface area contributed by atoms with E-state index in [9.17, 15) is 0 Å². The van der Waals surface area contributed by atoms with E-state index >= 15 is 0 Å². The Labute approximate surface area is 175 Å². The Balaban J connectivity index is 1.82. The predicted molar refractivity (Wildman–Crippen MR) is 129 cm³/mol. The molecule has 144 valence electrons. The molecule has 4 rings (SSSR count). The summed E-state index contributed by atoms with van der Waals surface area (Å²) in [5.41, 5.74) is 1.43. The molecule has 1 heteroatoms. The standard InChI is InChI=1S/C28H28P/c1-24(25-14-6-2-7-15-25)22-23-29(26-16-8-3-9-17-26,27-18-10-4-11-19-27)28-20-12-5-13-21-28/h2-21,24H,22-23H2,1H3/q+1. The van der Waals surface area contributed by atoms with Crippen LogP contribution in [0.3, 0.4) is 0 Å². The van der Waals surface area contributed by atoms with Crippen molar-refractivity contribution in [1.82, 2.24) is 0 Å². The Hall–Kier alpha value is -2.69. The smallest absolute Gasteiger partial charge is 0.0622 e. The largest absolute Gasteiger partial charge is 0.112 e. The molecule has 0 bridgehead atoms. The van der Waals surface area contributed by atoms with Crippen molar-refractivity contribution in [3.8, 4) is 0 Å². The molecule has 0 radical (unpaired) electrons. The normalized spacial score (nSPS) is 12.4. The summed E-state index contributed by atoms with van der Waals surface area (Å²) in [4.78, 5) is 0. The Bertz CT molecular complexity index is 898. The quantitative estimate of drug-likeness (QED) is 0.328. The molecule has 0 fully saturated rings. The third-order valence-corrected chi connectivity index (χ3v) is 10.3. The highest BCUT2D eigenvalue weighted by atomic mass is 31.2. The van der Waals surface area contributed by atoms with E-state index in [-0.39, 0.29) is 0 Å². The van der Waals surface area contributed by atoms with Crippen molar-refractivity contribution in [3.05, 3.63) is 127 Å². The van der Waals surface area contributed by atoms with Gasteiger partial charge < -0.3 is 0 Å². The third kappa shape index (κ3) is 4.19. The molecule has 0 saturated carbocycles. The zero-order valence-corrected chi connectivity index (χ0v) is 17.9. The first-order valence-electron chi connectivity index (χ1n) is 10.4.